The molecule has 1 saturated heterocycles. The van der Waals surface area contributed by atoms with Crippen molar-refractivity contribution in [2.75, 3.05) is 25.0 Å². The summed E-state index contributed by atoms with van der Waals surface area (Å²) in [6.45, 7) is 1.72. The van der Waals surface area contributed by atoms with E-state index in [4.69, 9.17) is 10.7 Å². The first kappa shape index (κ1) is 24.8. The zero-order chi connectivity index (χ0) is 25.7. The number of nitrogens with one attached hydrogen (secondary N) is 1. The summed E-state index contributed by atoms with van der Waals surface area (Å²) in [4.78, 5) is 33.7. The van der Waals surface area contributed by atoms with Gasteiger partial charge in [-0.15, -0.1) is 0 Å². The molecule has 5 rings (SSSR count). The molecule has 6 heteroatoms. The first-order chi connectivity index (χ1) is 18.1. The lowest BCUT2D eigenvalue weighted by atomic mass is 9.70. The largest absolute Gasteiger partial charge is 0.387 e. The quantitative estimate of drug-likeness (QED) is 0.502. The van der Waals surface area contributed by atoms with Gasteiger partial charge >= 0.3 is 0 Å². The lowest BCUT2D eigenvalue weighted by Crippen LogP contribution is -2.47. The van der Waals surface area contributed by atoms with E-state index in [-0.39, 0.29) is 17.6 Å². The summed E-state index contributed by atoms with van der Waals surface area (Å²) in [5.74, 6) is 0.918. The SMILES string of the molecule is NC1=NC(c2ccccc2)(c2ccccc2)C(=O)C(CC2CCN(C(=O)CNc3ccccc3)CC2)C1. The summed E-state index contributed by atoms with van der Waals surface area (Å²) in [6, 6.07) is 29.3. The summed E-state index contributed by atoms with van der Waals surface area (Å²) >= 11 is 0. The number of amides is 1. The highest BCUT2D eigenvalue weighted by molar-refractivity contribution is 6.03. The van der Waals surface area contributed by atoms with Crippen molar-refractivity contribution in [1.82, 2.24) is 4.90 Å². The highest BCUT2D eigenvalue weighted by atomic mass is 16.2. The number of amidine groups is 1. The number of para-hydroxylation sites is 1. The number of anilines is 1. The molecule has 2 aliphatic rings. The molecule has 1 unspecified atom stereocenters. The van der Waals surface area contributed by atoms with Gasteiger partial charge in [0.2, 0.25) is 5.91 Å². The van der Waals surface area contributed by atoms with Crippen molar-refractivity contribution in [1.29, 1.82) is 0 Å². The first-order valence-corrected chi connectivity index (χ1v) is 13.1. The number of carbonyl (C=O) groups excluding carboxylic acids is 2. The number of likely N-dealkylation sites (tertiary alicyclic amines) is 1. The fourth-order valence-electron chi connectivity index (χ4n) is 5.75. The molecule has 1 amide bonds. The summed E-state index contributed by atoms with van der Waals surface area (Å²) < 4.78 is 0. The number of rotatable bonds is 7. The van der Waals surface area contributed by atoms with Gasteiger partial charge in [0.1, 0.15) is 0 Å². The Hall–Kier alpha value is -3.93. The number of piperidine rings is 1. The second-order valence-corrected chi connectivity index (χ2v) is 10.1. The Bertz CT molecular complexity index is 1200. The number of benzene rings is 3. The van der Waals surface area contributed by atoms with Crippen molar-refractivity contribution in [3.63, 3.8) is 0 Å². The standard InChI is InChI=1S/C31H34N4O2/c32-28-21-24(20-23-16-18-35(19-17-23)29(36)22-33-27-14-8-3-9-15-27)30(37)31(34-28,25-10-4-1-5-11-25)26-12-6-2-7-13-26/h1-15,23-24,33H,16-22H2,(H2,32,34). The van der Waals surface area contributed by atoms with Gasteiger partial charge in [0.25, 0.3) is 0 Å². The number of nitrogens with zero attached hydrogens (tertiary/aromatic N) is 2. The van der Waals surface area contributed by atoms with Crippen molar-refractivity contribution in [2.45, 2.75) is 31.2 Å². The molecule has 0 bridgehead atoms. The molecule has 6 nitrogen and oxygen atoms in total. The van der Waals surface area contributed by atoms with Crippen molar-refractivity contribution < 1.29 is 9.59 Å². The van der Waals surface area contributed by atoms with E-state index in [9.17, 15) is 9.59 Å². The van der Waals surface area contributed by atoms with Crippen LogP contribution in [-0.2, 0) is 15.1 Å². The van der Waals surface area contributed by atoms with Crippen molar-refractivity contribution >= 4 is 23.2 Å². The van der Waals surface area contributed by atoms with Gasteiger partial charge in [0.05, 0.1) is 12.4 Å². The molecule has 0 aliphatic carbocycles. The Labute approximate surface area is 218 Å². The Morgan fingerprint density at radius 1 is 0.892 bits per heavy atom. The molecule has 0 radical (unpaired) electrons. The molecule has 3 N–H and O–H groups in total. The molecule has 0 spiro atoms. The van der Waals surface area contributed by atoms with Crippen LogP contribution in [0, 0.1) is 11.8 Å². The van der Waals surface area contributed by atoms with Gasteiger partial charge in [-0.25, -0.2) is 4.99 Å². The van der Waals surface area contributed by atoms with Gasteiger partial charge in [-0.3, -0.25) is 9.59 Å². The average molecular weight is 495 g/mol. The predicted molar refractivity (Wildman–Crippen MR) is 147 cm³/mol. The number of Topliss-reactive ketones (excluding diaryl/α,β-unsaturated/α-hetero) is 1. The van der Waals surface area contributed by atoms with Gasteiger partial charge in [-0.05, 0) is 48.4 Å². The van der Waals surface area contributed by atoms with Gasteiger partial charge < -0.3 is 16.0 Å². The van der Waals surface area contributed by atoms with E-state index >= 15 is 0 Å². The number of ketones is 1. The van der Waals surface area contributed by atoms with E-state index in [0.717, 1.165) is 36.1 Å². The van der Waals surface area contributed by atoms with Crippen LogP contribution >= 0.6 is 0 Å². The van der Waals surface area contributed by atoms with Crippen LogP contribution in [0.3, 0.4) is 0 Å². The van der Waals surface area contributed by atoms with E-state index in [2.05, 4.69) is 5.32 Å². The summed E-state index contributed by atoms with van der Waals surface area (Å²) in [6.07, 6.45) is 3.03. The van der Waals surface area contributed by atoms with E-state index in [1.54, 1.807) is 0 Å². The Morgan fingerprint density at radius 2 is 1.43 bits per heavy atom. The van der Waals surface area contributed by atoms with Crippen LogP contribution in [-0.4, -0.2) is 42.1 Å². The molecular formula is C31H34N4O2. The maximum Gasteiger partial charge on any atom is 0.241 e. The van der Waals surface area contributed by atoms with Crippen LogP contribution in [0.4, 0.5) is 5.69 Å². The highest BCUT2D eigenvalue weighted by Crippen LogP contribution is 2.42. The molecule has 1 atom stereocenters. The lowest BCUT2D eigenvalue weighted by Gasteiger charge is -2.39. The Morgan fingerprint density at radius 3 is 2.00 bits per heavy atom. The number of nitrogens with two attached hydrogens (primary N) is 1. The lowest BCUT2D eigenvalue weighted by molar-refractivity contribution is -0.132. The van der Waals surface area contributed by atoms with Crippen LogP contribution < -0.4 is 11.1 Å². The molecule has 2 heterocycles. The van der Waals surface area contributed by atoms with Crippen molar-refractivity contribution in [3.05, 3.63) is 102 Å². The minimum absolute atomic E-state index is 0.111. The summed E-state index contributed by atoms with van der Waals surface area (Å²) in [5.41, 5.74) is 7.96. The second-order valence-electron chi connectivity index (χ2n) is 10.1. The molecule has 190 valence electrons. The van der Waals surface area contributed by atoms with Crippen LogP contribution in [0.1, 0.15) is 36.8 Å². The third-order valence-electron chi connectivity index (χ3n) is 7.68. The molecule has 3 aromatic carbocycles. The van der Waals surface area contributed by atoms with Crippen LogP contribution in [0.25, 0.3) is 0 Å². The average Bonchev–Trinajstić information content (AvgIpc) is 2.95. The van der Waals surface area contributed by atoms with Crippen LogP contribution in [0.15, 0.2) is 96.0 Å². The molecule has 3 aromatic rings. The van der Waals surface area contributed by atoms with Crippen LogP contribution in [0.2, 0.25) is 0 Å². The number of carbonyl (C=O) groups is 2. The third-order valence-corrected chi connectivity index (χ3v) is 7.68. The smallest absolute Gasteiger partial charge is 0.241 e. The maximum absolute atomic E-state index is 14.2. The van der Waals surface area contributed by atoms with E-state index in [1.165, 1.54) is 0 Å². The minimum Gasteiger partial charge on any atom is -0.387 e. The third kappa shape index (κ3) is 5.29. The number of aliphatic imine (C=N–C) groups is 1. The van der Waals surface area contributed by atoms with Gasteiger partial charge in [0.15, 0.2) is 11.3 Å². The van der Waals surface area contributed by atoms with E-state index in [0.29, 0.717) is 37.8 Å². The molecule has 0 aromatic heterocycles. The fraction of sp³-hybridized carbons (Fsp3) is 0.323. The predicted octanol–water partition coefficient (Wildman–Crippen LogP) is 4.62. The summed E-state index contributed by atoms with van der Waals surface area (Å²) in [7, 11) is 0. The van der Waals surface area contributed by atoms with E-state index < -0.39 is 5.54 Å². The number of hydrogen-bond donors (Lipinski definition) is 2. The first-order valence-electron chi connectivity index (χ1n) is 13.1. The highest BCUT2D eigenvalue weighted by Gasteiger charge is 2.48. The van der Waals surface area contributed by atoms with Crippen molar-refractivity contribution in [3.8, 4) is 0 Å². The zero-order valence-corrected chi connectivity index (χ0v) is 21.1. The van der Waals surface area contributed by atoms with Crippen LogP contribution in [0.5, 0.6) is 0 Å². The monoisotopic (exact) mass is 494 g/mol. The normalized spacial score (nSPS) is 19.8. The van der Waals surface area contributed by atoms with Gasteiger partial charge in [-0.2, -0.15) is 0 Å². The van der Waals surface area contributed by atoms with Crippen molar-refractivity contribution in [2.24, 2.45) is 22.6 Å². The second kappa shape index (κ2) is 11.0. The molecule has 0 saturated carbocycles. The minimum atomic E-state index is -1.12. The topological polar surface area (TPSA) is 87.8 Å². The molecule has 2 aliphatic heterocycles. The molecule has 37 heavy (non-hydrogen) atoms. The zero-order valence-electron chi connectivity index (χ0n) is 21.1. The number of hydrogen-bond acceptors (Lipinski definition) is 5. The molecule has 1 fully saturated rings. The summed E-state index contributed by atoms with van der Waals surface area (Å²) in [5, 5.41) is 3.21. The van der Waals surface area contributed by atoms with E-state index in [1.807, 2.05) is 95.9 Å². The van der Waals surface area contributed by atoms with Gasteiger partial charge in [-0.1, -0.05) is 78.9 Å². The van der Waals surface area contributed by atoms with Gasteiger partial charge in [0, 0.05) is 31.1 Å². The Kier molecular flexibility index (Phi) is 7.35. The molecular weight excluding hydrogens is 460 g/mol. The maximum atomic E-state index is 14.2. The fourth-order valence-corrected chi connectivity index (χ4v) is 5.75. The Balaban J connectivity index is 1.27.